The summed E-state index contributed by atoms with van der Waals surface area (Å²) in [6.07, 6.45) is 0. The van der Waals surface area contributed by atoms with Crippen molar-refractivity contribution in [3.63, 3.8) is 0 Å². The highest BCUT2D eigenvalue weighted by Crippen LogP contribution is 2.62. The maximum Gasteiger partial charge on any atom is 0.0747 e. The van der Waals surface area contributed by atoms with Crippen LogP contribution >= 0.6 is 7.92 Å². The van der Waals surface area contributed by atoms with Gasteiger partial charge in [0.2, 0.25) is 0 Å². The first-order valence-electron chi connectivity index (χ1n) is 5.51. The summed E-state index contributed by atoms with van der Waals surface area (Å²) in [5.41, 5.74) is 0. The summed E-state index contributed by atoms with van der Waals surface area (Å²) in [6.45, 7) is 19.1. The molecule has 1 unspecified atom stereocenters. The van der Waals surface area contributed by atoms with Gasteiger partial charge in [0, 0.05) is 6.61 Å². The van der Waals surface area contributed by atoms with Crippen molar-refractivity contribution in [3.8, 4) is 0 Å². The zero-order chi connectivity index (χ0) is 11.6. The molecule has 14 heavy (non-hydrogen) atoms. The zero-order valence-electron chi connectivity index (χ0n) is 11.1. The minimum Gasteiger partial charge on any atom is -0.374 e. The van der Waals surface area contributed by atoms with Gasteiger partial charge < -0.3 is 4.74 Å². The van der Waals surface area contributed by atoms with Crippen molar-refractivity contribution in [1.82, 2.24) is 0 Å². The fraction of sp³-hybridized carbons (Fsp3) is 1.00. The molecular weight excluding hydrogens is 191 g/mol. The Balaban J connectivity index is 4.74. The smallest absolute Gasteiger partial charge is 0.0747 e. The quantitative estimate of drug-likeness (QED) is 0.636. The van der Waals surface area contributed by atoms with E-state index in [-0.39, 0.29) is 7.92 Å². The Morgan fingerprint density at radius 1 is 1.00 bits per heavy atom. The Labute approximate surface area is 91.4 Å². The number of rotatable bonds is 3. The summed E-state index contributed by atoms with van der Waals surface area (Å²) >= 11 is 0. The average Bonchev–Trinajstić information content (AvgIpc) is 1.78. The lowest BCUT2D eigenvalue weighted by molar-refractivity contribution is 0.130. The van der Waals surface area contributed by atoms with Crippen LogP contribution in [0, 0.1) is 0 Å². The lowest BCUT2D eigenvalue weighted by atomic mass is 10.2. The van der Waals surface area contributed by atoms with Gasteiger partial charge >= 0.3 is 0 Å². The van der Waals surface area contributed by atoms with Crippen molar-refractivity contribution in [2.45, 2.75) is 71.5 Å². The minimum absolute atomic E-state index is 0.132. The standard InChI is InChI=1S/C12H27OP/c1-9-13-10(2)14(11(3,4)5)12(6,7)8/h10H,9H2,1-8H3. The SMILES string of the molecule is CCOC(C)P(C(C)(C)C)C(C)(C)C. The van der Waals surface area contributed by atoms with Gasteiger partial charge in [-0.15, -0.1) is 0 Å². The molecule has 0 aromatic carbocycles. The number of hydrogen-bond acceptors (Lipinski definition) is 1. The van der Waals surface area contributed by atoms with Crippen molar-refractivity contribution in [3.05, 3.63) is 0 Å². The molecule has 0 amide bonds. The normalized spacial score (nSPS) is 16.1. The second-order valence-electron chi connectivity index (χ2n) is 5.77. The maximum absolute atomic E-state index is 5.79. The minimum atomic E-state index is -0.132. The van der Waals surface area contributed by atoms with Crippen LogP contribution in [-0.4, -0.2) is 22.8 Å². The summed E-state index contributed by atoms with van der Waals surface area (Å²) in [5, 5.41) is 0.727. The van der Waals surface area contributed by atoms with Gasteiger partial charge in [0.25, 0.3) is 0 Å². The molecule has 86 valence electrons. The summed E-state index contributed by atoms with van der Waals surface area (Å²) in [4.78, 5) is 0. The van der Waals surface area contributed by atoms with E-state index >= 15 is 0 Å². The first kappa shape index (κ1) is 14.4. The van der Waals surface area contributed by atoms with Crippen LogP contribution in [0.1, 0.15) is 55.4 Å². The van der Waals surface area contributed by atoms with Crippen LogP contribution in [0.5, 0.6) is 0 Å². The Morgan fingerprint density at radius 2 is 1.36 bits per heavy atom. The van der Waals surface area contributed by atoms with Crippen LogP contribution in [0.3, 0.4) is 0 Å². The van der Waals surface area contributed by atoms with E-state index in [1.165, 1.54) is 0 Å². The molecular formula is C12H27OP. The van der Waals surface area contributed by atoms with Crippen molar-refractivity contribution >= 4 is 7.92 Å². The van der Waals surface area contributed by atoms with E-state index in [1.807, 2.05) is 0 Å². The van der Waals surface area contributed by atoms with E-state index < -0.39 is 0 Å². The molecule has 0 radical (unpaired) electrons. The second-order valence-corrected chi connectivity index (χ2v) is 9.92. The molecule has 0 fully saturated rings. The van der Waals surface area contributed by atoms with Gasteiger partial charge in [0.1, 0.15) is 0 Å². The molecule has 1 atom stereocenters. The highest BCUT2D eigenvalue weighted by Gasteiger charge is 2.38. The van der Waals surface area contributed by atoms with Crippen molar-refractivity contribution in [2.24, 2.45) is 0 Å². The monoisotopic (exact) mass is 218 g/mol. The second kappa shape index (κ2) is 4.94. The fourth-order valence-electron chi connectivity index (χ4n) is 2.41. The van der Waals surface area contributed by atoms with Crippen molar-refractivity contribution in [1.29, 1.82) is 0 Å². The van der Waals surface area contributed by atoms with E-state index in [4.69, 9.17) is 4.74 Å². The van der Waals surface area contributed by atoms with Gasteiger partial charge in [-0.05, 0) is 24.2 Å². The summed E-state index contributed by atoms with van der Waals surface area (Å²) in [7, 11) is -0.132. The third-order valence-corrected chi connectivity index (χ3v) is 5.98. The Hall–Kier alpha value is 0.390. The predicted molar refractivity (Wildman–Crippen MR) is 67.5 cm³/mol. The Morgan fingerprint density at radius 3 is 1.57 bits per heavy atom. The first-order valence-corrected chi connectivity index (χ1v) is 6.93. The molecule has 2 heteroatoms. The molecule has 0 aliphatic rings. The van der Waals surface area contributed by atoms with Gasteiger partial charge in [0.15, 0.2) is 0 Å². The molecule has 0 saturated heterocycles. The molecule has 0 rings (SSSR count). The lowest BCUT2D eigenvalue weighted by Crippen LogP contribution is -2.31. The molecule has 0 aromatic heterocycles. The van der Waals surface area contributed by atoms with Gasteiger partial charge in [0.05, 0.1) is 5.85 Å². The predicted octanol–water partition coefficient (Wildman–Crippen LogP) is 4.45. The topological polar surface area (TPSA) is 9.23 Å². The zero-order valence-corrected chi connectivity index (χ0v) is 12.0. The highest BCUT2D eigenvalue weighted by atomic mass is 31.1. The van der Waals surface area contributed by atoms with Crippen LogP contribution < -0.4 is 0 Å². The van der Waals surface area contributed by atoms with Gasteiger partial charge in [-0.25, -0.2) is 0 Å². The van der Waals surface area contributed by atoms with Crippen LogP contribution in [0.2, 0.25) is 0 Å². The molecule has 0 aliphatic carbocycles. The molecule has 0 bridgehead atoms. The van der Waals surface area contributed by atoms with Crippen LogP contribution in [-0.2, 0) is 4.74 Å². The van der Waals surface area contributed by atoms with Crippen LogP contribution in [0.25, 0.3) is 0 Å². The molecule has 0 spiro atoms. The number of hydrogen-bond donors (Lipinski definition) is 0. The van der Waals surface area contributed by atoms with Crippen molar-refractivity contribution < 1.29 is 4.74 Å². The maximum atomic E-state index is 5.79. The molecule has 0 aromatic rings. The number of ether oxygens (including phenoxy) is 1. The first-order chi connectivity index (χ1) is 6.10. The van der Waals surface area contributed by atoms with Gasteiger partial charge in [-0.3, -0.25) is 0 Å². The largest absolute Gasteiger partial charge is 0.374 e. The van der Waals surface area contributed by atoms with E-state index in [0.717, 1.165) is 6.61 Å². The molecule has 1 nitrogen and oxygen atoms in total. The van der Waals surface area contributed by atoms with Crippen LogP contribution in [0.4, 0.5) is 0 Å². The average molecular weight is 218 g/mol. The van der Waals surface area contributed by atoms with Crippen LogP contribution in [0.15, 0.2) is 0 Å². The third-order valence-electron chi connectivity index (χ3n) is 2.22. The fourth-order valence-corrected chi connectivity index (χ4v) is 6.91. The van der Waals surface area contributed by atoms with E-state index in [0.29, 0.717) is 16.2 Å². The molecule has 0 heterocycles. The molecule has 0 saturated carbocycles. The Kier molecular flexibility index (Phi) is 5.08. The van der Waals surface area contributed by atoms with Gasteiger partial charge in [-0.2, -0.15) is 0 Å². The summed E-state index contributed by atoms with van der Waals surface area (Å²) < 4.78 is 5.79. The summed E-state index contributed by atoms with van der Waals surface area (Å²) in [6, 6.07) is 0. The molecule has 0 N–H and O–H groups in total. The summed E-state index contributed by atoms with van der Waals surface area (Å²) in [5.74, 6) is 0.398. The van der Waals surface area contributed by atoms with E-state index in [1.54, 1.807) is 0 Å². The lowest BCUT2D eigenvalue weighted by Gasteiger charge is -2.44. The third kappa shape index (κ3) is 4.28. The Bertz CT molecular complexity index is 150. The van der Waals surface area contributed by atoms with Gasteiger partial charge in [-0.1, -0.05) is 49.5 Å². The molecule has 0 aliphatic heterocycles. The van der Waals surface area contributed by atoms with E-state index in [2.05, 4.69) is 55.4 Å². The van der Waals surface area contributed by atoms with Crippen molar-refractivity contribution in [2.75, 3.05) is 6.61 Å². The van der Waals surface area contributed by atoms with E-state index in [9.17, 15) is 0 Å². The highest BCUT2D eigenvalue weighted by molar-refractivity contribution is 7.61.